The van der Waals surface area contributed by atoms with Crippen molar-refractivity contribution in [2.75, 3.05) is 17.1 Å². The first-order valence-electron chi connectivity index (χ1n) is 13.9. The minimum atomic E-state index is -4.78. The van der Waals surface area contributed by atoms with Crippen LogP contribution >= 0.6 is 27.5 Å². The molecule has 7 nitrogen and oxygen atoms in total. The van der Waals surface area contributed by atoms with Gasteiger partial charge in [0.25, 0.3) is 0 Å². The van der Waals surface area contributed by atoms with Crippen LogP contribution in [-0.2, 0) is 38.8 Å². The van der Waals surface area contributed by atoms with Crippen molar-refractivity contribution >= 4 is 55.1 Å². The molecule has 236 valence electrons. The number of carbonyl (C=O) groups is 2. The summed E-state index contributed by atoms with van der Waals surface area (Å²) in [5, 5.41) is 2.78. The summed E-state index contributed by atoms with van der Waals surface area (Å²) < 4.78 is 67.9. The number of hydrogen-bond acceptors (Lipinski definition) is 4. The van der Waals surface area contributed by atoms with Crippen molar-refractivity contribution in [3.63, 3.8) is 0 Å². The Hall–Kier alpha value is -3.09. The molecule has 0 bridgehead atoms. The van der Waals surface area contributed by atoms with Gasteiger partial charge in [0.15, 0.2) is 0 Å². The second-order valence-corrected chi connectivity index (χ2v) is 14.0. The van der Waals surface area contributed by atoms with Crippen LogP contribution in [-0.4, -0.2) is 50.0 Å². The Morgan fingerprint density at radius 3 is 2.27 bits per heavy atom. The second kappa shape index (κ2) is 14.3. The standard InChI is InChI=1S/C31H32BrClF3N3O4S/c1-44(42,43)39(27-18-23(31(34,35)36)14-15-26(27)33)20-29(40)38(19-22-10-7-11-24(32)16-22)28(17-21-8-3-2-4-9-21)30(41)37-25-12-5-6-13-25/h2-4,7-11,14-16,18,25,28H,5-6,12-13,17,19-20H2,1H3,(H,37,41)/t28-/m0/s1. The fourth-order valence-corrected chi connectivity index (χ4v) is 6.80. The molecule has 0 aliphatic heterocycles. The first-order chi connectivity index (χ1) is 20.7. The van der Waals surface area contributed by atoms with Crippen molar-refractivity contribution in [2.45, 2.75) is 56.9 Å². The number of amides is 2. The summed E-state index contributed by atoms with van der Waals surface area (Å²) in [6.45, 7) is -0.947. The lowest BCUT2D eigenvalue weighted by Crippen LogP contribution is -2.54. The Bertz CT molecular complexity index is 1590. The molecule has 1 aliphatic rings. The van der Waals surface area contributed by atoms with Crippen LogP contribution in [0.25, 0.3) is 0 Å². The number of rotatable bonds is 11. The lowest BCUT2D eigenvalue weighted by molar-refractivity contribution is -0.140. The van der Waals surface area contributed by atoms with E-state index in [0.29, 0.717) is 15.9 Å². The number of nitrogens with one attached hydrogen (secondary N) is 1. The van der Waals surface area contributed by atoms with Crippen LogP contribution in [0, 0.1) is 0 Å². The summed E-state index contributed by atoms with van der Waals surface area (Å²) in [7, 11) is -4.31. The second-order valence-electron chi connectivity index (χ2n) is 10.8. The number of benzene rings is 3. The quantitative estimate of drug-likeness (QED) is 0.243. The van der Waals surface area contributed by atoms with Gasteiger partial charge in [0.1, 0.15) is 12.6 Å². The summed E-state index contributed by atoms with van der Waals surface area (Å²) in [5.41, 5.74) is -0.189. The van der Waals surface area contributed by atoms with E-state index >= 15 is 0 Å². The van der Waals surface area contributed by atoms with Crippen LogP contribution < -0.4 is 9.62 Å². The summed E-state index contributed by atoms with van der Waals surface area (Å²) in [5.74, 6) is -1.18. The van der Waals surface area contributed by atoms with E-state index in [1.165, 1.54) is 4.90 Å². The molecule has 0 radical (unpaired) electrons. The first-order valence-corrected chi connectivity index (χ1v) is 17.0. The number of halogens is 5. The highest BCUT2D eigenvalue weighted by molar-refractivity contribution is 9.10. The van der Waals surface area contributed by atoms with Crippen molar-refractivity contribution in [2.24, 2.45) is 0 Å². The lowest BCUT2D eigenvalue weighted by atomic mass is 10.0. The average Bonchev–Trinajstić information content (AvgIpc) is 3.46. The van der Waals surface area contributed by atoms with Gasteiger partial charge in [-0.1, -0.05) is 82.8 Å². The van der Waals surface area contributed by atoms with Crippen molar-refractivity contribution in [1.29, 1.82) is 0 Å². The predicted octanol–water partition coefficient (Wildman–Crippen LogP) is 6.59. The van der Waals surface area contributed by atoms with Crippen LogP contribution in [0.1, 0.15) is 42.4 Å². The monoisotopic (exact) mass is 713 g/mol. The molecular formula is C31H32BrClF3N3O4S. The maximum atomic E-state index is 14.2. The Kier molecular flexibility index (Phi) is 11.0. The molecule has 13 heteroatoms. The zero-order valence-electron chi connectivity index (χ0n) is 23.9. The van der Waals surface area contributed by atoms with Gasteiger partial charge in [0, 0.05) is 23.5 Å². The van der Waals surface area contributed by atoms with Gasteiger partial charge in [0.2, 0.25) is 21.8 Å². The summed E-state index contributed by atoms with van der Waals surface area (Å²) in [6.07, 6.45) is -0.324. The molecule has 44 heavy (non-hydrogen) atoms. The van der Waals surface area contributed by atoms with Crippen LogP contribution in [0.2, 0.25) is 5.02 Å². The highest BCUT2D eigenvalue weighted by Crippen LogP contribution is 2.36. The minimum absolute atomic E-state index is 0.0555. The third-order valence-electron chi connectivity index (χ3n) is 7.44. The zero-order valence-corrected chi connectivity index (χ0v) is 27.0. The van der Waals surface area contributed by atoms with Gasteiger partial charge >= 0.3 is 6.18 Å². The molecular weight excluding hydrogens is 683 g/mol. The maximum Gasteiger partial charge on any atom is 0.416 e. The van der Waals surface area contributed by atoms with Crippen molar-refractivity contribution < 1.29 is 31.2 Å². The van der Waals surface area contributed by atoms with Gasteiger partial charge in [-0.15, -0.1) is 0 Å². The number of nitrogens with zero attached hydrogens (tertiary/aromatic N) is 2. The van der Waals surface area contributed by atoms with Crippen LogP contribution in [0.5, 0.6) is 0 Å². The molecule has 1 saturated carbocycles. The molecule has 1 N–H and O–H groups in total. The van der Waals surface area contributed by atoms with E-state index in [-0.39, 0.29) is 24.0 Å². The highest BCUT2D eigenvalue weighted by atomic mass is 79.9. The van der Waals surface area contributed by atoms with Crippen LogP contribution in [0.15, 0.2) is 77.3 Å². The predicted molar refractivity (Wildman–Crippen MR) is 168 cm³/mol. The summed E-state index contributed by atoms with van der Waals surface area (Å²) in [4.78, 5) is 29.4. The molecule has 0 heterocycles. The minimum Gasteiger partial charge on any atom is -0.352 e. The van der Waals surface area contributed by atoms with Gasteiger partial charge in [0.05, 0.1) is 22.5 Å². The maximum absolute atomic E-state index is 14.2. The zero-order chi connectivity index (χ0) is 32.1. The average molecular weight is 715 g/mol. The Morgan fingerprint density at radius 2 is 1.66 bits per heavy atom. The normalized spacial score (nSPS) is 14.7. The number of alkyl halides is 3. The molecule has 1 aliphatic carbocycles. The van der Waals surface area contributed by atoms with Crippen molar-refractivity contribution in [1.82, 2.24) is 10.2 Å². The van der Waals surface area contributed by atoms with Gasteiger partial charge in [-0.25, -0.2) is 8.42 Å². The van der Waals surface area contributed by atoms with E-state index < -0.39 is 51.9 Å². The molecule has 2 amide bonds. The smallest absolute Gasteiger partial charge is 0.352 e. The molecule has 1 fully saturated rings. The Labute approximate surface area is 268 Å². The van der Waals surface area contributed by atoms with Gasteiger partial charge in [-0.2, -0.15) is 13.2 Å². The van der Waals surface area contributed by atoms with Crippen LogP contribution in [0.3, 0.4) is 0 Å². The van der Waals surface area contributed by atoms with E-state index in [0.717, 1.165) is 54.1 Å². The van der Waals surface area contributed by atoms with Gasteiger partial charge in [-0.05, 0) is 54.3 Å². The first kappa shape index (κ1) is 33.8. The fraction of sp³-hybridized carbons (Fsp3) is 0.355. The van der Waals surface area contributed by atoms with E-state index in [9.17, 15) is 31.2 Å². The molecule has 0 unspecified atom stereocenters. The molecule has 3 aromatic rings. The lowest BCUT2D eigenvalue weighted by Gasteiger charge is -2.34. The fourth-order valence-electron chi connectivity index (χ4n) is 5.23. The highest BCUT2D eigenvalue weighted by Gasteiger charge is 2.36. The number of hydrogen-bond donors (Lipinski definition) is 1. The molecule has 1 atom stereocenters. The van der Waals surface area contributed by atoms with E-state index in [1.807, 2.05) is 30.3 Å². The van der Waals surface area contributed by atoms with E-state index in [2.05, 4.69) is 21.2 Å². The Morgan fingerprint density at radius 1 is 1.00 bits per heavy atom. The SMILES string of the molecule is CS(=O)(=O)N(CC(=O)N(Cc1cccc(Br)c1)[C@@H](Cc1ccccc1)C(=O)NC1CCCC1)c1cc(C(F)(F)F)ccc1Cl. The van der Waals surface area contributed by atoms with Gasteiger partial charge in [-0.3, -0.25) is 13.9 Å². The summed E-state index contributed by atoms with van der Waals surface area (Å²) in [6, 6.07) is 17.3. The third kappa shape index (κ3) is 8.98. The van der Waals surface area contributed by atoms with Gasteiger partial charge < -0.3 is 10.2 Å². The third-order valence-corrected chi connectivity index (χ3v) is 9.38. The molecule has 0 saturated heterocycles. The molecule has 4 rings (SSSR count). The number of anilines is 1. The Balaban J connectivity index is 1.77. The number of sulfonamides is 1. The van der Waals surface area contributed by atoms with E-state index in [1.54, 1.807) is 24.3 Å². The van der Waals surface area contributed by atoms with Crippen LogP contribution in [0.4, 0.5) is 18.9 Å². The largest absolute Gasteiger partial charge is 0.416 e. The number of carbonyl (C=O) groups excluding carboxylic acids is 2. The molecule has 0 spiro atoms. The van der Waals surface area contributed by atoms with Crippen molar-refractivity contribution in [3.8, 4) is 0 Å². The van der Waals surface area contributed by atoms with Crippen molar-refractivity contribution in [3.05, 3.63) is 99.0 Å². The summed E-state index contributed by atoms with van der Waals surface area (Å²) >= 11 is 9.62. The molecule has 3 aromatic carbocycles. The van der Waals surface area contributed by atoms with E-state index in [4.69, 9.17) is 11.6 Å². The molecule has 0 aromatic heterocycles. The topological polar surface area (TPSA) is 86.8 Å².